The van der Waals surface area contributed by atoms with Crippen LogP contribution in [0.3, 0.4) is 0 Å². The molecule has 1 rings (SSSR count). The van der Waals surface area contributed by atoms with Gasteiger partial charge in [0.05, 0.1) is 4.92 Å². The molecule has 0 saturated carbocycles. The Balaban J connectivity index is 3.28. The van der Waals surface area contributed by atoms with Crippen molar-refractivity contribution >= 4 is 21.6 Å². The van der Waals surface area contributed by atoms with Gasteiger partial charge in [-0.05, 0) is 30.5 Å². The molecule has 1 aromatic rings. The second-order valence-electron chi connectivity index (χ2n) is 2.95. The van der Waals surface area contributed by atoms with Crippen LogP contribution in [-0.2, 0) is 5.33 Å². The average Bonchev–Trinajstić information content (AvgIpc) is 2.03. The maximum absolute atomic E-state index is 10.5. The molecule has 0 aromatic heterocycles. The molecule has 0 radical (unpaired) electrons. The quantitative estimate of drug-likeness (QED) is 0.455. The molecule has 4 heteroatoms. The van der Waals surface area contributed by atoms with Crippen LogP contribution in [0.25, 0.3) is 0 Å². The van der Waals surface area contributed by atoms with E-state index in [1.807, 2.05) is 13.8 Å². The van der Waals surface area contributed by atoms with Crippen LogP contribution in [0.1, 0.15) is 16.7 Å². The molecule has 0 spiro atoms. The summed E-state index contributed by atoms with van der Waals surface area (Å²) in [5.74, 6) is 0. The molecule has 0 fully saturated rings. The molecular formula is C9H10BrNO2. The molecule has 0 N–H and O–H groups in total. The van der Waals surface area contributed by atoms with Gasteiger partial charge < -0.3 is 0 Å². The van der Waals surface area contributed by atoms with Crippen molar-refractivity contribution in [1.29, 1.82) is 0 Å². The lowest BCUT2D eigenvalue weighted by molar-refractivity contribution is -0.385. The monoisotopic (exact) mass is 243 g/mol. The number of hydrogen-bond acceptors (Lipinski definition) is 2. The third kappa shape index (κ3) is 2.06. The zero-order valence-electron chi connectivity index (χ0n) is 7.50. The molecule has 3 nitrogen and oxygen atoms in total. The van der Waals surface area contributed by atoms with Gasteiger partial charge in [-0.3, -0.25) is 10.1 Å². The van der Waals surface area contributed by atoms with Gasteiger partial charge in [0.15, 0.2) is 0 Å². The molecule has 0 amide bonds. The predicted octanol–water partition coefficient (Wildman–Crippen LogP) is 3.11. The van der Waals surface area contributed by atoms with Crippen molar-refractivity contribution in [3.63, 3.8) is 0 Å². The van der Waals surface area contributed by atoms with Crippen LogP contribution in [0.15, 0.2) is 12.1 Å². The first-order valence-corrected chi connectivity index (χ1v) is 4.99. The van der Waals surface area contributed by atoms with E-state index in [9.17, 15) is 10.1 Å². The maximum atomic E-state index is 10.5. The van der Waals surface area contributed by atoms with E-state index >= 15 is 0 Å². The highest BCUT2D eigenvalue weighted by Crippen LogP contribution is 2.23. The number of hydrogen-bond donors (Lipinski definition) is 0. The summed E-state index contributed by atoms with van der Waals surface area (Å²) >= 11 is 3.35. The lowest BCUT2D eigenvalue weighted by Crippen LogP contribution is -1.94. The Labute approximate surface area is 85.0 Å². The SMILES string of the molecule is Cc1cc([N+](=O)[O-])cc(C)c1CBr. The third-order valence-electron chi connectivity index (χ3n) is 2.03. The largest absolute Gasteiger partial charge is 0.269 e. The van der Waals surface area contributed by atoms with Crippen molar-refractivity contribution in [3.8, 4) is 0 Å². The average molecular weight is 244 g/mol. The van der Waals surface area contributed by atoms with Gasteiger partial charge in [-0.25, -0.2) is 0 Å². The van der Waals surface area contributed by atoms with Gasteiger partial charge in [0, 0.05) is 17.5 Å². The minimum Gasteiger partial charge on any atom is -0.258 e. The van der Waals surface area contributed by atoms with Crippen LogP contribution in [0.4, 0.5) is 5.69 Å². The second kappa shape index (κ2) is 3.87. The van der Waals surface area contributed by atoms with Crippen molar-refractivity contribution in [3.05, 3.63) is 38.9 Å². The van der Waals surface area contributed by atoms with E-state index in [2.05, 4.69) is 15.9 Å². The number of nitro groups is 1. The number of halogens is 1. The molecule has 13 heavy (non-hydrogen) atoms. The molecule has 0 saturated heterocycles. The molecule has 0 heterocycles. The predicted molar refractivity (Wildman–Crippen MR) is 55.2 cm³/mol. The normalized spacial score (nSPS) is 10.1. The topological polar surface area (TPSA) is 43.1 Å². The minimum atomic E-state index is -0.363. The lowest BCUT2D eigenvalue weighted by Gasteiger charge is -2.05. The molecule has 0 aliphatic heterocycles. The van der Waals surface area contributed by atoms with Gasteiger partial charge >= 0.3 is 0 Å². The van der Waals surface area contributed by atoms with Crippen LogP contribution in [0, 0.1) is 24.0 Å². The van der Waals surface area contributed by atoms with Gasteiger partial charge in [-0.2, -0.15) is 0 Å². The van der Waals surface area contributed by atoms with Gasteiger partial charge in [-0.15, -0.1) is 0 Å². The van der Waals surface area contributed by atoms with Crippen molar-refractivity contribution in [2.75, 3.05) is 0 Å². The Morgan fingerprint density at radius 1 is 1.38 bits per heavy atom. The van der Waals surface area contributed by atoms with E-state index in [0.717, 1.165) is 22.0 Å². The maximum Gasteiger partial charge on any atom is 0.269 e. The van der Waals surface area contributed by atoms with Crippen LogP contribution in [-0.4, -0.2) is 4.92 Å². The summed E-state index contributed by atoms with van der Waals surface area (Å²) in [5.41, 5.74) is 3.22. The minimum absolute atomic E-state index is 0.166. The summed E-state index contributed by atoms with van der Waals surface area (Å²) in [6.45, 7) is 3.77. The molecule has 0 aliphatic carbocycles. The Morgan fingerprint density at radius 2 is 1.85 bits per heavy atom. The van der Waals surface area contributed by atoms with Crippen molar-refractivity contribution in [2.24, 2.45) is 0 Å². The van der Waals surface area contributed by atoms with Crippen LogP contribution in [0.2, 0.25) is 0 Å². The van der Waals surface area contributed by atoms with E-state index in [0.29, 0.717) is 0 Å². The summed E-state index contributed by atoms with van der Waals surface area (Å²) in [5, 5.41) is 11.2. The fraction of sp³-hybridized carbons (Fsp3) is 0.333. The fourth-order valence-corrected chi connectivity index (χ4v) is 2.17. The molecule has 0 bridgehead atoms. The molecule has 0 unspecified atom stereocenters. The van der Waals surface area contributed by atoms with Crippen molar-refractivity contribution in [2.45, 2.75) is 19.2 Å². The highest BCUT2D eigenvalue weighted by Gasteiger charge is 2.10. The molecule has 1 aromatic carbocycles. The van der Waals surface area contributed by atoms with E-state index in [4.69, 9.17) is 0 Å². The second-order valence-corrected chi connectivity index (χ2v) is 3.51. The zero-order valence-corrected chi connectivity index (χ0v) is 9.09. The zero-order chi connectivity index (χ0) is 10.0. The third-order valence-corrected chi connectivity index (χ3v) is 2.59. The first-order chi connectivity index (χ1) is 6.06. The Hall–Kier alpha value is -0.900. The van der Waals surface area contributed by atoms with Gasteiger partial charge in [-0.1, -0.05) is 15.9 Å². The Bertz CT molecular complexity index is 326. The smallest absolute Gasteiger partial charge is 0.258 e. The molecule has 0 aliphatic rings. The number of rotatable bonds is 2. The molecule has 0 atom stereocenters. The highest BCUT2D eigenvalue weighted by atomic mass is 79.9. The summed E-state index contributed by atoms with van der Waals surface area (Å²) < 4.78 is 0. The van der Waals surface area contributed by atoms with E-state index in [1.54, 1.807) is 12.1 Å². The van der Waals surface area contributed by atoms with E-state index in [1.165, 1.54) is 0 Å². The number of nitro benzene ring substituents is 1. The lowest BCUT2D eigenvalue weighted by atomic mass is 10.0. The number of nitrogens with zero attached hydrogens (tertiary/aromatic N) is 1. The fourth-order valence-electron chi connectivity index (χ4n) is 1.29. The number of aryl methyl sites for hydroxylation is 2. The van der Waals surface area contributed by atoms with E-state index in [-0.39, 0.29) is 10.6 Å². The summed E-state index contributed by atoms with van der Waals surface area (Å²) in [7, 11) is 0. The van der Waals surface area contributed by atoms with Crippen molar-refractivity contribution in [1.82, 2.24) is 0 Å². The molecular weight excluding hydrogens is 234 g/mol. The molecule has 70 valence electrons. The number of alkyl halides is 1. The van der Waals surface area contributed by atoms with Crippen LogP contribution >= 0.6 is 15.9 Å². The summed E-state index contributed by atoms with van der Waals surface area (Å²) in [6.07, 6.45) is 0. The highest BCUT2D eigenvalue weighted by molar-refractivity contribution is 9.08. The first kappa shape index (κ1) is 10.2. The Kier molecular flexibility index (Phi) is 3.03. The van der Waals surface area contributed by atoms with Gasteiger partial charge in [0.1, 0.15) is 0 Å². The number of benzene rings is 1. The van der Waals surface area contributed by atoms with Gasteiger partial charge in [0.25, 0.3) is 5.69 Å². The van der Waals surface area contributed by atoms with Crippen LogP contribution in [0.5, 0.6) is 0 Å². The Morgan fingerprint density at radius 3 is 2.15 bits per heavy atom. The van der Waals surface area contributed by atoms with E-state index < -0.39 is 0 Å². The van der Waals surface area contributed by atoms with Gasteiger partial charge in [0.2, 0.25) is 0 Å². The summed E-state index contributed by atoms with van der Waals surface area (Å²) in [6, 6.07) is 3.20. The van der Waals surface area contributed by atoms with Crippen molar-refractivity contribution < 1.29 is 4.92 Å². The first-order valence-electron chi connectivity index (χ1n) is 3.86. The standard InChI is InChI=1S/C9H10BrNO2/c1-6-3-8(11(12)13)4-7(2)9(6)5-10/h3-4H,5H2,1-2H3. The van der Waals surface area contributed by atoms with Crippen LogP contribution < -0.4 is 0 Å². The number of non-ortho nitro benzene ring substituents is 1. The summed E-state index contributed by atoms with van der Waals surface area (Å²) in [4.78, 5) is 10.1.